The summed E-state index contributed by atoms with van der Waals surface area (Å²) in [5.41, 5.74) is 3.16. The van der Waals surface area contributed by atoms with E-state index in [0.717, 1.165) is 0 Å². The van der Waals surface area contributed by atoms with E-state index in [1.54, 1.807) is 68.4 Å². The molecule has 1 aromatic heterocycles. The van der Waals surface area contributed by atoms with Crippen LogP contribution in [0.3, 0.4) is 0 Å². The number of nitrogens with one attached hydrogen (secondary N) is 1. The van der Waals surface area contributed by atoms with Gasteiger partial charge in [0.15, 0.2) is 6.61 Å². The Morgan fingerprint density at radius 1 is 1.06 bits per heavy atom. The summed E-state index contributed by atoms with van der Waals surface area (Å²) >= 11 is 11.9. The van der Waals surface area contributed by atoms with Gasteiger partial charge in [-0.1, -0.05) is 23.2 Å². The summed E-state index contributed by atoms with van der Waals surface area (Å²) in [6, 6.07) is 14.8. The zero-order chi connectivity index (χ0) is 23.1. The molecule has 1 heterocycles. The number of hydrazone groups is 1. The fourth-order valence-electron chi connectivity index (χ4n) is 2.62. The van der Waals surface area contributed by atoms with Gasteiger partial charge in [0.2, 0.25) is 0 Å². The molecule has 0 saturated carbocycles. The van der Waals surface area contributed by atoms with E-state index in [2.05, 4.69) is 10.5 Å². The third kappa shape index (κ3) is 6.60. The molecule has 0 saturated heterocycles. The number of esters is 1. The van der Waals surface area contributed by atoms with Gasteiger partial charge >= 0.3 is 5.97 Å². The van der Waals surface area contributed by atoms with Gasteiger partial charge in [-0.25, -0.2) is 10.2 Å². The molecule has 0 bridgehead atoms. The topological polar surface area (TPSA) is 90.1 Å². The molecule has 32 heavy (non-hydrogen) atoms. The number of benzene rings is 2. The summed E-state index contributed by atoms with van der Waals surface area (Å²) < 4.78 is 16.4. The molecule has 1 N–H and O–H groups in total. The van der Waals surface area contributed by atoms with Gasteiger partial charge in [0.1, 0.15) is 17.3 Å². The van der Waals surface area contributed by atoms with E-state index >= 15 is 0 Å². The average molecular weight is 475 g/mol. The fourth-order valence-corrected chi connectivity index (χ4v) is 2.92. The predicted octanol–water partition coefficient (Wildman–Crippen LogP) is 5.35. The largest absolute Gasteiger partial charge is 0.484 e. The first kappa shape index (κ1) is 23.4. The van der Waals surface area contributed by atoms with Crippen LogP contribution in [0.5, 0.6) is 5.75 Å². The van der Waals surface area contributed by atoms with Crippen molar-refractivity contribution in [1.82, 2.24) is 5.43 Å². The Kier molecular flexibility index (Phi) is 7.92. The summed E-state index contributed by atoms with van der Waals surface area (Å²) in [6.45, 7) is 3.32. The third-order valence-electron chi connectivity index (χ3n) is 4.00. The van der Waals surface area contributed by atoms with E-state index in [0.29, 0.717) is 38.4 Å². The summed E-state index contributed by atoms with van der Waals surface area (Å²) in [5, 5.41) is 4.87. The molecule has 0 radical (unpaired) electrons. The van der Waals surface area contributed by atoms with E-state index < -0.39 is 11.9 Å². The molecule has 2 aromatic carbocycles. The monoisotopic (exact) mass is 474 g/mol. The van der Waals surface area contributed by atoms with Crippen LogP contribution in [0.4, 0.5) is 0 Å². The molecule has 0 atom stereocenters. The third-order valence-corrected chi connectivity index (χ3v) is 4.49. The first-order chi connectivity index (χ1) is 15.3. The van der Waals surface area contributed by atoms with Gasteiger partial charge in [0, 0.05) is 15.6 Å². The second-order valence-electron chi connectivity index (χ2n) is 6.88. The van der Waals surface area contributed by atoms with Crippen molar-refractivity contribution >= 4 is 41.3 Å². The lowest BCUT2D eigenvalue weighted by molar-refractivity contribution is -0.123. The number of nitrogens with zero attached hydrogens (tertiary/aromatic N) is 1. The first-order valence-electron chi connectivity index (χ1n) is 9.63. The minimum Gasteiger partial charge on any atom is -0.484 e. The van der Waals surface area contributed by atoms with E-state index in [9.17, 15) is 9.59 Å². The molecule has 0 aliphatic carbocycles. The molecule has 1 amide bonds. The van der Waals surface area contributed by atoms with Crippen molar-refractivity contribution in [1.29, 1.82) is 0 Å². The molecule has 166 valence electrons. The Morgan fingerprint density at radius 3 is 2.50 bits per heavy atom. The maximum absolute atomic E-state index is 12.4. The number of ether oxygens (including phenoxy) is 2. The van der Waals surface area contributed by atoms with Crippen LogP contribution in [0.15, 0.2) is 64.1 Å². The zero-order valence-electron chi connectivity index (χ0n) is 17.3. The standard InChI is InChI=1S/C23H20Cl2N2O5/c1-14(2)31-23(29)19-9-5-16(25)11-20(19)21-10-8-18(32-21)12-26-27-22(28)13-30-17-6-3-15(24)4-7-17/h3-12,14H,13H2,1-2H3,(H,27,28)/b26-12-. The van der Waals surface area contributed by atoms with Crippen molar-refractivity contribution < 1.29 is 23.5 Å². The molecule has 3 aromatic rings. The smallest absolute Gasteiger partial charge is 0.339 e. The molecule has 0 aliphatic heterocycles. The Morgan fingerprint density at radius 2 is 1.78 bits per heavy atom. The van der Waals surface area contributed by atoms with Gasteiger partial charge in [0.05, 0.1) is 17.9 Å². The normalized spacial score (nSPS) is 11.0. The number of halogens is 2. The molecule has 0 fully saturated rings. The van der Waals surface area contributed by atoms with Crippen molar-refractivity contribution in [3.63, 3.8) is 0 Å². The van der Waals surface area contributed by atoms with Gasteiger partial charge in [-0.2, -0.15) is 5.10 Å². The van der Waals surface area contributed by atoms with Crippen LogP contribution in [0.25, 0.3) is 11.3 Å². The number of carbonyl (C=O) groups excluding carboxylic acids is 2. The lowest BCUT2D eigenvalue weighted by Gasteiger charge is -2.11. The van der Waals surface area contributed by atoms with Crippen LogP contribution in [0.1, 0.15) is 30.0 Å². The van der Waals surface area contributed by atoms with Crippen LogP contribution in [-0.4, -0.2) is 30.8 Å². The van der Waals surface area contributed by atoms with Crippen LogP contribution in [0, 0.1) is 0 Å². The van der Waals surface area contributed by atoms with Crippen molar-refractivity contribution in [2.24, 2.45) is 5.10 Å². The van der Waals surface area contributed by atoms with Crippen LogP contribution in [-0.2, 0) is 9.53 Å². The second-order valence-corrected chi connectivity index (χ2v) is 7.75. The molecule has 7 nitrogen and oxygen atoms in total. The van der Waals surface area contributed by atoms with Crippen molar-refractivity contribution in [2.75, 3.05) is 6.61 Å². The number of hydrogen-bond donors (Lipinski definition) is 1. The quantitative estimate of drug-likeness (QED) is 0.270. The Balaban J connectivity index is 1.62. The summed E-state index contributed by atoms with van der Waals surface area (Å²) in [4.78, 5) is 24.3. The maximum atomic E-state index is 12.4. The van der Waals surface area contributed by atoms with Crippen LogP contribution < -0.4 is 10.2 Å². The Hall–Kier alpha value is -3.29. The van der Waals surface area contributed by atoms with E-state index in [4.69, 9.17) is 37.1 Å². The number of furan rings is 1. The highest BCUT2D eigenvalue weighted by Crippen LogP contribution is 2.29. The number of rotatable bonds is 8. The Bertz CT molecular complexity index is 1120. The first-order valence-corrected chi connectivity index (χ1v) is 10.4. The highest BCUT2D eigenvalue weighted by Gasteiger charge is 2.18. The van der Waals surface area contributed by atoms with Crippen molar-refractivity contribution in [3.05, 3.63) is 76.0 Å². The number of hydrogen-bond acceptors (Lipinski definition) is 6. The van der Waals surface area contributed by atoms with Gasteiger partial charge in [0.25, 0.3) is 5.91 Å². The van der Waals surface area contributed by atoms with Gasteiger partial charge in [-0.3, -0.25) is 4.79 Å². The summed E-state index contributed by atoms with van der Waals surface area (Å²) in [7, 11) is 0. The molecule has 0 spiro atoms. The maximum Gasteiger partial charge on any atom is 0.339 e. The highest BCUT2D eigenvalue weighted by molar-refractivity contribution is 6.31. The van der Waals surface area contributed by atoms with Crippen molar-refractivity contribution in [3.8, 4) is 17.1 Å². The SMILES string of the molecule is CC(C)OC(=O)c1ccc(Cl)cc1-c1ccc(/C=N\NC(=O)COc2ccc(Cl)cc2)o1. The van der Waals surface area contributed by atoms with Gasteiger partial charge in [-0.15, -0.1) is 0 Å². The van der Waals surface area contributed by atoms with Crippen molar-refractivity contribution in [2.45, 2.75) is 20.0 Å². The lowest BCUT2D eigenvalue weighted by atomic mass is 10.1. The van der Waals surface area contributed by atoms with Gasteiger partial charge in [-0.05, 0) is 68.4 Å². The minimum atomic E-state index is -0.480. The van der Waals surface area contributed by atoms with Crippen LogP contribution >= 0.6 is 23.2 Å². The fraction of sp³-hybridized carbons (Fsp3) is 0.174. The number of amides is 1. The molecular formula is C23H20Cl2N2O5. The average Bonchev–Trinajstić information content (AvgIpc) is 3.21. The molecule has 9 heteroatoms. The molecular weight excluding hydrogens is 455 g/mol. The zero-order valence-corrected chi connectivity index (χ0v) is 18.8. The molecule has 3 rings (SSSR count). The van der Waals surface area contributed by atoms with E-state index in [-0.39, 0.29) is 12.7 Å². The second kappa shape index (κ2) is 10.8. The highest BCUT2D eigenvalue weighted by atomic mass is 35.5. The van der Waals surface area contributed by atoms with E-state index in [1.165, 1.54) is 6.21 Å². The minimum absolute atomic E-state index is 0.216. The summed E-state index contributed by atoms with van der Waals surface area (Å²) in [5.74, 6) is 0.351. The number of carbonyl (C=O) groups is 2. The van der Waals surface area contributed by atoms with E-state index in [1.807, 2.05) is 0 Å². The predicted molar refractivity (Wildman–Crippen MR) is 122 cm³/mol. The van der Waals surface area contributed by atoms with Crippen LogP contribution in [0.2, 0.25) is 10.0 Å². The lowest BCUT2D eigenvalue weighted by Crippen LogP contribution is -2.24. The molecule has 0 unspecified atom stereocenters. The Labute approximate surface area is 194 Å². The summed E-state index contributed by atoms with van der Waals surface area (Å²) in [6.07, 6.45) is 1.07. The molecule has 0 aliphatic rings. The van der Waals surface area contributed by atoms with Gasteiger partial charge < -0.3 is 13.9 Å².